The van der Waals surface area contributed by atoms with Gasteiger partial charge in [0.05, 0.1) is 33.8 Å². The highest BCUT2D eigenvalue weighted by molar-refractivity contribution is 5.86. The first-order valence-corrected chi connectivity index (χ1v) is 12.3. The van der Waals surface area contributed by atoms with Gasteiger partial charge in [-0.2, -0.15) is 18.3 Å². The van der Waals surface area contributed by atoms with E-state index in [1.165, 1.54) is 6.07 Å². The second-order valence-corrected chi connectivity index (χ2v) is 9.47. The fourth-order valence-corrected chi connectivity index (χ4v) is 4.10. The van der Waals surface area contributed by atoms with Crippen LogP contribution >= 0.6 is 0 Å². The summed E-state index contributed by atoms with van der Waals surface area (Å²) in [6, 6.07) is 9.56. The first-order chi connectivity index (χ1) is 18.6. The number of carbonyl (C=O) groups is 1. The smallest absolute Gasteiger partial charge is 0.325 e. The summed E-state index contributed by atoms with van der Waals surface area (Å²) < 4.78 is 37.4. The van der Waals surface area contributed by atoms with Crippen LogP contribution in [-0.4, -0.2) is 43.4 Å². The van der Waals surface area contributed by atoms with Gasteiger partial charge in [-0.1, -0.05) is 6.07 Å². The molecule has 3 N–H and O–H groups in total. The molecule has 1 unspecified atom stereocenters. The average Bonchev–Trinajstić information content (AvgIpc) is 3.75. The van der Waals surface area contributed by atoms with Crippen molar-refractivity contribution in [3.63, 3.8) is 0 Å². The van der Waals surface area contributed by atoms with E-state index in [-0.39, 0.29) is 23.6 Å². The van der Waals surface area contributed by atoms with E-state index in [0.29, 0.717) is 29.1 Å². The third-order valence-electron chi connectivity index (χ3n) is 6.83. The van der Waals surface area contributed by atoms with Crippen LogP contribution in [0.5, 0.6) is 0 Å². The van der Waals surface area contributed by atoms with Crippen molar-refractivity contribution < 1.29 is 18.0 Å². The minimum atomic E-state index is -4.36. The van der Waals surface area contributed by atoms with Gasteiger partial charge >= 0.3 is 6.18 Å². The highest BCUT2D eigenvalue weighted by Crippen LogP contribution is 2.46. The number of hydrogen-bond donors (Lipinski definition) is 2. The Balaban J connectivity index is 0.000000183. The quantitative estimate of drug-likeness (QED) is 0.340. The van der Waals surface area contributed by atoms with Crippen LogP contribution in [0.3, 0.4) is 0 Å². The minimum absolute atomic E-state index is 0.0599. The molecule has 204 valence electrons. The van der Waals surface area contributed by atoms with Crippen LogP contribution in [0, 0.1) is 0 Å². The maximum Gasteiger partial charge on any atom is 0.417 e. The molecular weight excluding hydrogens is 511 g/mol. The predicted octanol–water partition coefficient (Wildman–Crippen LogP) is 3.70. The van der Waals surface area contributed by atoms with Crippen LogP contribution in [-0.2, 0) is 29.5 Å². The molecule has 0 spiro atoms. The van der Waals surface area contributed by atoms with Crippen molar-refractivity contribution in [3.05, 3.63) is 93.7 Å². The molecular formula is C27H28F3N7O2. The number of nitrogens with two attached hydrogens (primary N) is 1. The molecule has 39 heavy (non-hydrogen) atoms. The second-order valence-electron chi connectivity index (χ2n) is 9.47. The summed E-state index contributed by atoms with van der Waals surface area (Å²) in [7, 11) is 1.85. The Morgan fingerprint density at radius 3 is 2.41 bits per heavy atom. The number of fused-ring (bicyclic) bond motifs is 1. The van der Waals surface area contributed by atoms with E-state index in [0.717, 1.165) is 42.3 Å². The number of hydrogen-bond acceptors (Lipinski definition) is 8. The molecule has 0 aliphatic heterocycles. The van der Waals surface area contributed by atoms with Crippen molar-refractivity contribution in [2.75, 3.05) is 7.05 Å². The fourth-order valence-electron chi connectivity index (χ4n) is 4.10. The Bertz CT molecular complexity index is 1490. The van der Waals surface area contributed by atoms with Crippen molar-refractivity contribution in [2.24, 2.45) is 5.73 Å². The number of nitrogens with zero attached hydrogens (tertiary/aromatic N) is 5. The Morgan fingerprint density at radius 1 is 1.13 bits per heavy atom. The van der Waals surface area contributed by atoms with Gasteiger partial charge in [-0.05, 0) is 62.7 Å². The summed E-state index contributed by atoms with van der Waals surface area (Å²) in [6.07, 6.45) is 2.55. The molecule has 4 aromatic rings. The van der Waals surface area contributed by atoms with Crippen LogP contribution in [0.25, 0.3) is 10.8 Å². The lowest BCUT2D eigenvalue weighted by molar-refractivity contribution is -0.137. The summed E-state index contributed by atoms with van der Waals surface area (Å²) >= 11 is 0. The summed E-state index contributed by atoms with van der Waals surface area (Å²) in [5.41, 5.74) is 6.46. The molecule has 1 atom stereocenters. The molecule has 0 saturated heterocycles. The van der Waals surface area contributed by atoms with E-state index in [1.807, 2.05) is 31.0 Å². The third kappa shape index (κ3) is 6.35. The Morgan fingerprint density at radius 2 is 1.85 bits per heavy atom. The summed E-state index contributed by atoms with van der Waals surface area (Å²) in [5.74, 6) is 0.659. The zero-order valence-corrected chi connectivity index (χ0v) is 21.4. The number of carbonyl (C=O) groups excluding carboxylic acids is 1. The van der Waals surface area contributed by atoms with Crippen molar-refractivity contribution >= 4 is 17.1 Å². The number of halogens is 3. The molecule has 0 radical (unpaired) electrons. The highest BCUT2D eigenvalue weighted by Gasteiger charge is 2.44. The van der Waals surface area contributed by atoms with Crippen molar-refractivity contribution in [1.82, 2.24) is 30.0 Å². The molecule has 1 saturated carbocycles. The van der Waals surface area contributed by atoms with Gasteiger partial charge in [0.25, 0.3) is 5.56 Å². The fraction of sp³-hybridized carbons (Fsp3) is 0.333. The molecule has 1 fully saturated rings. The molecule has 3 aromatic heterocycles. The molecule has 0 bridgehead atoms. The molecule has 9 nitrogen and oxygen atoms in total. The van der Waals surface area contributed by atoms with Crippen LogP contribution in [0.4, 0.5) is 13.2 Å². The normalized spacial score (nSPS) is 14.9. The van der Waals surface area contributed by atoms with Gasteiger partial charge in [-0.25, -0.2) is 15.1 Å². The van der Waals surface area contributed by atoms with Gasteiger partial charge in [-0.3, -0.25) is 14.7 Å². The van der Waals surface area contributed by atoms with E-state index >= 15 is 0 Å². The standard InChI is InChI=1S/C14H15F3N4.C13H13N3O2/c1-10(13-18-6-3-7-19-13)21(2)9-12-5-4-11(8-20-12)14(15,16)17;14-6-11-10-5-8(13(7-17)3-4-13)1-2-9(10)12(18)16-15-11/h3-8,10H,9H2,1-2H3;1-2,5,7H,3-4,6,14H2,(H,16,18). The van der Waals surface area contributed by atoms with Gasteiger partial charge in [0.15, 0.2) is 0 Å². The third-order valence-corrected chi connectivity index (χ3v) is 6.83. The number of aldehydes is 1. The monoisotopic (exact) mass is 539 g/mol. The summed E-state index contributed by atoms with van der Waals surface area (Å²) in [5, 5.41) is 7.68. The Hall–Kier alpha value is -4.03. The number of aromatic amines is 1. The van der Waals surface area contributed by atoms with Crippen molar-refractivity contribution in [1.29, 1.82) is 0 Å². The van der Waals surface area contributed by atoms with Crippen molar-refractivity contribution in [3.8, 4) is 0 Å². The van der Waals surface area contributed by atoms with E-state index < -0.39 is 11.7 Å². The molecule has 5 rings (SSSR count). The average molecular weight is 540 g/mol. The maximum atomic E-state index is 12.5. The van der Waals surface area contributed by atoms with E-state index in [2.05, 4.69) is 25.1 Å². The number of rotatable bonds is 7. The summed E-state index contributed by atoms with van der Waals surface area (Å²) in [4.78, 5) is 36.9. The number of benzene rings is 1. The number of pyridine rings is 1. The number of H-pyrrole nitrogens is 1. The lowest BCUT2D eigenvalue weighted by atomic mass is 9.95. The van der Waals surface area contributed by atoms with Crippen LogP contribution in [0.15, 0.2) is 59.8 Å². The largest absolute Gasteiger partial charge is 0.417 e. The molecule has 12 heteroatoms. The van der Waals surface area contributed by atoms with Gasteiger partial charge in [0, 0.05) is 37.1 Å². The Labute approximate surface area is 222 Å². The first-order valence-electron chi connectivity index (χ1n) is 12.3. The summed E-state index contributed by atoms with van der Waals surface area (Å²) in [6.45, 7) is 2.60. The van der Waals surface area contributed by atoms with Crippen LogP contribution in [0.1, 0.15) is 54.1 Å². The van der Waals surface area contributed by atoms with Gasteiger partial charge in [0.2, 0.25) is 0 Å². The van der Waals surface area contributed by atoms with Crippen molar-refractivity contribution in [2.45, 2.75) is 50.5 Å². The zero-order valence-electron chi connectivity index (χ0n) is 21.4. The topological polar surface area (TPSA) is 131 Å². The SMILES string of the molecule is CC(c1ncccn1)N(C)Cc1ccc(C(F)(F)F)cn1.NCc1n[nH]c(=O)c2ccc(C3(C=O)CC3)cc12. The Kier molecular flexibility index (Phi) is 8.17. The lowest BCUT2D eigenvalue weighted by Crippen LogP contribution is -2.24. The number of nitrogens with one attached hydrogen (secondary N) is 1. The van der Waals surface area contributed by atoms with Gasteiger partial charge in [-0.15, -0.1) is 0 Å². The van der Waals surface area contributed by atoms with E-state index in [4.69, 9.17) is 5.73 Å². The lowest BCUT2D eigenvalue weighted by Gasteiger charge is -2.23. The van der Waals surface area contributed by atoms with E-state index in [1.54, 1.807) is 24.5 Å². The van der Waals surface area contributed by atoms with Gasteiger partial charge in [0.1, 0.15) is 12.1 Å². The molecule has 1 aliphatic carbocycles. The number of alkyl halides is 3. The highest BCUT2D eigenvalue weighted by atomic mass is 19.4. The molecule has 1 aromatic carbocycles. The molecule has 1 aliphatic rings. The molecule has 0 amide bonds. The maximum absolute atomic E-state index is 12.5. The number of aromatic nitrogens is 5. The predicted molar refractivity (Wildman–Crippen MR) is 138 cm³/mol. The van der Waals surface area contributed by atoms with Gasteiger partial charge < -0.3 is 10.5 Å². The zero-order chi connectivity index (χ0) is 28.2. The van der Waals surface area contributed by atoms with E-state index in [9.17, 15) is 22.8 Å². The molecule has 3 heterocycles. The van der Waals surface area contributed by atoms with Crippen LogP contribution < -0.4 is 11.3 Å². The second kappa shape index (κ2) is 11.4. The minimum Gasteiger partial charge on any atom is -0.325 e. The first kappa shape index (κ1) is 28.0. The van der Waals surface area contributed by atoms with Crippen LogP contribution in [0.2, 0.25) is 0 Å².